The highest BCUT2D eigenvalue weighted by Crippen LogP contribution is 2.28. The first kappa shape index (κ1) is 13.3. The summed E-state index contributed by atoms with van der Waals surface area (Å²) in [6.45, 7) is 6.87. The molecule has 3 nitrogen and oxygen atoms in total. The minimum absolute atomic E-state index is 0.788. The zero-order chi connectivity index (χ0) is 13.0. The molecule has 1 aromatic rings. The molecular formula is C15H25N3. The minimum Gasteiger partial charge on any atom is -0.373 e. The largest absolute Gasteiger partial charge is 0.373 e. The molecule has 0 bridgehead atoms. The maximum atomic E-state index is 4.39. The Morgan fingerprint density at radius 2 is 2.17 bits per heavy atom. The summed E-state index contributed by atoms with van der Waals surface area (Å²) >= 11 is 0. The van der Waals surface area contributed by atoms with Crippen LogP contribution in [0.25, 0.3) is 0 Å². The summed E-state index contributed by atoms with van der Waals surface area (Å²) in [7, 11) is 1.90. The first-order chi connectivity index (χ1) is 8.69. The van der Waals surface area contributed by atoms with Crippen molar-refractivity contribution in [1.29, 1.82) is 0 Å². The van der Waals surface area contributed by atoms with Gasteiger partial charge in [0.2, 0.25) is 0 Å². The Bertz CT molecular complexity index is 355. The van der Waals surface area contributed by atoms with Crippen molar-refractivity contribution in [2.45, 2.75) is 45.7 Å². The molecule has 1 heterocycles. The van der Waals surface area contributed by atoms with Crippen LogP contribution in [0.3, 0.4) is 0 Å². The van der Waals surface area contributed by atoms with Gasteiger partial charge in [-0.05, 0) is 43.4 Å². The van der Waals surface area contributed by atoms with Crippen LogP contribution in [-0.4, -0.2) is 29.5 Å². The number of pyridine rings is 1. The molecular weight excluding hydrogens is 222 g/mol. The van der Waals surface area contributed by atoms with Crippen LogP contribution < -0.4 is 5.32 Å². The maximum Gasteiger partial charge on any atom is 0.125 e. The molecule has 0 spiro atoms. The van der Waals surface area contributed by atoms with Crippen molar-refractivity contribution in [3.05, 3.63) is 23.9 Å². The van der Waals surface area contributed by atoms with E-state index in [0.29, 0.717) is 0 Å². The van der Waals surface area contributed by atoms with E-state index in [1.165, 1.54) is 31.4 Å². The summed E-state index contributed by atoms with van der Waals surface area (Å²) in [5.41, 5.74) is 1.32. The fourth-order valence-electron chi connectivity index (χ4n) is 2.15. The highest BCUT2D eigenvalue weighted by atomic mass is 15.2. The summed E-state index contributed by atoms with van der Waals surface area (Å²) in [5.74, 6) is 1.73. The van der Waals surface area contributed by atoms with Crippen molar-refractivity contribution in [2.75, 3.05) is 18.9 Å². The molecule has 1 aromatic heterocycles. The predicted octanol–water partition coefficient (Wildman–Crippen LogP) is 3.13. The quantitative estimate of drug-likeness (QED) is 0.802. The van der Waals surface area contributed by atoms with Crippen molar-refractivity contribution in [1.82, 2.24) is 9.88 Å². The zero-order valence-electron chi connectivity index (χ0n) is 11.8. The third-order valence-electron chi connectivity index (χ3n) is 3.52. The Kier molecular flexibility index (Phi) is 4.59. The Balaban J connectivity index is 1.90. The van der Waals surface area contributed by atoms with Gasteiger partial charge in [0.15, 0.2) is 0 Å². The van der Waals surface area contributed by atoms with Gasteiger partial charge in [-0.3, -0.25) is 4.90 Å². The molecule has 0 amide bonds. The molecule has 1 aliphatic rings. The highest BCUT2D eigenvalue weighted by Gasteiger charge is 2.28. The van der Waals surface area contributed by atoms with E-state index in [2.05, 4.69) is 41.2 Å². The van der Waals surface area contributed by atoms with Crippen LogP contribution in [-0.2, 0) is 6.54 Å². The van der Waals surface area contributed by atoms with E-state index >= 15 is 0 Å². The molecule has 1 fully saturated rings. The number of hydrogen-bond donors (Lipinski definition) is 1. The third kappa shape index (κ3) is 3.98. The summed E-state index contributed by atoms with van der Waals surface area (Å²) < 4.78 is 0. The summed E-state index contributed by atoms with van der Waals surface area (Å²) in [6.07, 6.45) is 6.04. The van der Waals surface area contributed by atoms with Gasteiger partial charge in [-0.2, -0.15) is 0 Å². The van der Waals surface area contributed by atoms with Crippen LogP contribution in [0.4, 0.5) is 5.82 Å². The van der Waals surface area contributed by atoms with Gasteiger partial charge in [-0.15, -0.1) is 0 Å². The standard InChI is InChI=1S/C15H25N3/c1-12(2)8-9-18(14-5-6-14)11-13-4-7-15(16-3)17-10-13/h4,7,10,12,14H,5-6,8-9,11H2,1-3H3,(H,16,17). The molecule has 1 N–H and O–H groups in total. The molecule has 3 heteroatoms. The average molecular weight is 247 g/mol. The maximum absolute atomic E-state index is 4.39. The first-order valence-corrected chi connectivity index (χ1v) is 7.05. The highest BCUT2D eigenvalue weighted by molar-refractivity contribution is 5.34. The van der Waals surface area contributed by atoms with Crippen LogP contribution in [0.5, 0.6) is 0 Å². The topological polar surface area (TPSA) is 28.2 Å². The lowest BCUT2D eigenvalue weighted by Crippen LogP contribution is -2.27. The van der Waals surface area contributed by atoms with E-state index in [1.807, 2.05) is 13.2 Å². The van der Waals surface area contributed by atoms with E-state index in [-0.39, 0.29) is 0 Å². The lowest BCUT2D eigenvalue weighted by atomic mass is 10.1. The number of anilines is 1. The van der Waals surface area contributed by atoms with Crippen molar-refractivity contribution < 1.29 is 0 Å². The van der Waals surface area contributed by atoms with Crippen LogP contribution in [0.2, 0.25) is 0 Å². The summed E-state index contributed by atoms with van der Waals surface area (Å²) in [6, 6.07) is 5.07. The van der Waals surface area contributed by atoms with E-state index < -0.39 is 0 Å². The third-order valence-corrected chi connectivity index (χ3v) is 3.52. The van der Waals surface area contributed by atoms with Crippen LogP contribution in [0.15, 0.2) is 18.3 Å². The summed E-state index contributed by atoms with van der Waals surface area (Å²) in [5, 5.41) is 3.06. The molecule has 1 saturated carbocycles. The van der Waals surface area contributed by atoms with E-state index in [0.717, 1.165) is 24.3 Å². The van der Waals surface area contributed by atoms with Crippen LogP contribution in [0.1, 0.15) is 38.7 Å². The monoisotopic (exact) mass is 247 g/mol. The van der Waals surface area contributed by atoms with Gasteiger partial charge >= 0.3 is 0 Å². The van der Waals surface area contributed by atoms with Gasteiger partial charge in [-0.25, -0.2) is 4.98 Å². The minimum atomic E-state index is 0.788. The van der Waals surface area contributed by atoms with Crippen molar-refractivity contribution >= 4 is 5.82 Å². The first-order valence-electron chi connectivity index (χ1n) is 7.05. The summed E-state index contributed by atoms with van der Waals surface area (Å²) in [4.78, 5) is 7.01. The lowest BCUT2D eigenvalue weighted by Gasteiger charge is -2.23. The van der Waals surface area contributed by atoms with E-state index in [4.69, 9.17) is 0 Å². The van der Waals surface area contributed by atoms with Crippen molar-refractivity contribution in [3.63, 3.8) is 0 Å². The van der Waals surface area contributed by atoms with E-state index in [9.17, 15) is 0 Å². The van der Waals surface area contributed by atoms with Gasteiger partial charge in [0.05, 0.1) is 0 Å². The Labute approximate surface area is 111 Å². The van der Waals surface area contributed by atoms with Gasteiger partial charge in [0, 0.05) is 25.8 Å². The second kappa shape index (κ2) is 6.19. The van der Waals surface area contributed by atoms with Gasteiger partial charge in [0.1, 0.15) is 5.82 Å². The number of aromatic nitrogens is 1. The van der Waals surface area contributed by atoms with Crippen LogP contribution in [0, 0.1) is 5.92 Å². The van der Waals surface area contributed by atoms with Gasteiger partial charge in [0.25, 0.3) is 0 Å². The van der Waals surface area contributed by atoms with Gasteiger partial charge < -0.3 is 5.32 Å². The Morgan fingerprint density at radius 3 is 2.67 bits per heavy atom. The molecule has 0 saturated heterocycles. The van der Waals surface area contributed by atoms with Crippen molar-refractivity contribution in [3.8, 4) is 0 Å². The Hall–Kier alpha value is -1.09. The molecule has 1 aliphatic carbocycles. The smallest absolute Gasteiger partial charge is 0.125 e. The molecule has 2 rings (SSSR count). The second-order valence-electron chi connectivity index (χ2n) is 5.69. The predicted molar refractivity (Wildman–Crippen MR) is 76.7 cm³/mol. The molecule has 0 radical (unpaired) electrons. The molecule has 100 valence electrons. The number of hydrogen-bond acceptors (Lipinski definition) is 3. The molecule has 0 aliphatic heterocycles. The van der Waals surface area contributed by atoms with Gasteiger partial charge in [-0.1, -0.05) is 19.9 Å². The molecule has 0 aromatic carbocycles. The SMILES string of the molecule is CNc1ccc(CN(CCC(C)C)C2CC2)cn1. The fourth-order valence-corrected chi connectivity index (χ4v) is 2.15. The van der Waals surface area contributed by atoms with Crippen molar-refractivity contribution in [2.24, 2.45) is 5.92 Å². The number of rotatable bonds is 7. The second-order valence-corrected chi connectivity index (χ2v) is 5.69. The molecule has 0 unspecified atom stereocenters. The Morgan fingerprint density at radius 1 is 1.39 bits per heavy atom. The zero-order valence-corrected chi connectivity index (χ0v) is 11.8. The average Bonchev–Trinajstić information content (AvgIpc) is 3.19. The number of nitrogens with zero attached hydrogens (tertiary/aromatic N) is 2. The van der Waals surface area contributed by atoms with E-state index in [1.54, 1.807) is 0 Å². The fraction of sp³-hybridized carbons (Fsp3) is 0.667. The normalized spacial score (nSPS) is 15.4. The molecule has 18 heavy (non-hydrogen) atoms. The van der Waals surface area contributed by atoms with Crippen LogP contribution >= 0.6 is 0 Å². The molecule has 0 atom stereocenters. The lowest BCUT2D eigenvalue weighted by molar-refractivity contribution is 0.239. The number of nitrogens with one attached hydrogen (secondary N) is 1.